The Labute approximate surface area is 230 Å². The van der Waals surface area contributed by atoms with Crippen LogP contribution in [-0.2, 0) is 0 Å². The second-order valence-electron chi connectivity index (χ2n) is 9.92. The lowest BCUT2D eigenvalue weighted by Gasteiger charge is -2.15. The lowest BCUT2D eigenvalue weighted by atomic mass is 9.90. The van der Waals surface area contributed by atoms with E-state index in [1.54, 1.807) is 0 Å². The van der Waals surface area contributed by atoms with Crippen LogP contribution in [0.25, 0.3) is 76.4 Å². The van der Waals surface area contributed by atoms with E-state index in [2.05, 4.69) is 109 Å². The predicted molar refractivity (Wildman–Crippen MR) is 165 cm³/mol. The molecule has 0 atom stereocenters. The monoisotopic (exact) mass is 516 g/mol. The first-order valence-electron chi connectivity index (χ1n) is 13.0. The Balaban J connectivity index is 1.50. The quantitative estimate of drug-likeness (QED) is 0.169. The van der Waals surface area contributed by atoms with E-state index in [1.165, 1.54) is 32.3 Å². The van der Waals surface area contributed by atoms with Crippen LogP contribution in [0.5, 0.6) is 0 Å². The molecule has 0 aliphatic heterocycles. The molecule has 3 heteroatoms. The van der Waals surface area contributed by atoms with Crippen molar-refractivity contribution in [1.82, 2.24) is 9.97 Å². The maximum absolute atomic E-state index is 6.48. The summed E-state index contributed by atoms with van der Waals surface area (Å²) >= 11 is 6.48. The summed E-state index contributed by atoms with van der Waals surface area (Å²) in [5.74, 6) is 0. The molecule has 0 spiro atoms. The first-order valence-corrected chi connectivity index (χ1v) is 13.4. The van der Waals surface area contributed by atoms with Crippen molar-refractivity contribution in [2.24, 2.45) is 0 Å². The highest BCUT2D eigenvalue weighted by Gasteiger charge is 2.16. The average molecular weight is 517 g/mol. The van der Waals surface area contributed by atoms with Crippen molar-refractivity contribution in [3.8, 4) is 22.4 Å². The summed E-state index contributed by atoms with van der Waals surface area (Å²) in [7, 11) is 0. The van der Waals surface area contributed by atoms with Gasteiger partial charge in [0.1, 0.15) is 0 Å². The fraction of sp³-hybridized carbons (Fsp3) is 0. The number of halogens is 1. The van der Waals surface area contributed by atoms with Crippen LogP contribution in [0.2, 0.25) is 5.28 Å². The molecule has 0 aliphatic carbocycles. The van der Waals surface area contributed by atoms with Gasteiger partial charge < -0.3 is 0 Å². The number of hydrogen-bond acceptors (Lipinski definition) is 2. The minimum absolute atomic E-state index is 0.253. The molecule has 39 heavy (non-hydrogen) atoms. The Bertz CT molecular complexity index is 2200. The molecular formula is C36H21ClN2. The van der Waals surface area contributed by atoms with Crippen molar-refractivity contribution in [3.05, 3.63) is 133 Å². The van der Waals surface area contributed by atoms with E-state index in [0.717, 1.165) is 44.1 Å². The van der Waals surface area contributed by atoms with E-state index in [-0.39, 0.29) is 5.28 Å². The molecule has 182 valence electrons. The van der Waals surface area contributed by atoms with Crippen molar-refractivity contribution < 1.29 is 0 Å². The molecule has 0 amide bonds. The van der Waals surface area contributed by atoms with Gasteiger partial charge in [0, 0.05) is 16.3 Å². The average Bonchev–Trinajstić information content (AvgIpc) is 3.01. The molecule has 1 heterocycles. The molecule has 7 aromatic carbocycles. The second kappa shape index (κ2) is 8.62. The van der Waals surface area contributed by atoms with Gasteiger partial charge in [-0.3, -0.25) is 0 Å². The van der Waals surface area contributed by atoms with Gasteiger partial charge in [-0.2, -0.15) is 0 Å². The van der Waals surface area contributed by atoms with E-state index >= 15 is 0 Å². The molecular weight excluding hydrogens is 496 g/mol. The van der Waals surface area contributed by atoms with E-state index in [4.69, 9.17) is 21.6 Å². The number of rotatable bonds is 2. The molecule has 8 aromatic rings. The number of fused-ring (bicyclic) bond motifs is 9. The van der Waals surface area contributed by atoms with Gasteiger partial charge in [0.2, 0.25) is 5.28 Å². The number of nitrogens with zero attached hydrogens (tertiary/aromatic N) is 2. The predicted octanol–water partition coefficient (Wildman–Crippen LogP) is 10.2. The first-order chi connectivity index (χ1) is 19.3. The van der Waals surface area contributed by atoms with Crippen LogP contribution in [-0.4, -0.2) is 9.97 Å². The molecule has 8 rings (SSSR count). The van der Waals surface area contributed by atoms with Crippen molar-refractivity contribution in [1.29, 1.82) is 0 Å². The summed E-state index contributed by atoms with van der Waals surface area (Å²) in [4.78, 5) is 9.40. The van der Waals surface area contributed by atoms with Crippen molar-refractivity contribution in [2.75, 3.05) is 0 Å². The van der Waals surface area contributed by atoms with Gasteiger partial charge in [-0.1, -0.05) is 115 Å². The Morgan fingerprint density at radius 3 is 1.59 bits per heavy atom. The molecule has 2 nitrogen and oxygen atoms in total. The summed E-state index contributed by atoms with van der Waals surface area (Å²) in [6, 6.07) is 45.1. The number of aromatic nitrogens is 2. The largest absolute Gasteiger partial charge is 0.223 e. The van der Waals surface area contributed by atoms with E-state index in [0.29, 0.717) is 0 Å². The molecule has 0 saturated carbocycles. The van der Waals surface area contributed by atoms with Crippen LogP contribution in [0.15, 0.2) is 127 Å². The summed E-state index contributed by atoms with van der Waals surface area (Å²) in [6.07, 6.45) is 0. The topological polar surface area (TPSA) is 25.8 Å². The minimum atomic E-state index is 0.253. The van der Waals surface area contributed by atoms with E-state index in [9.17, 15) is 0 Å². The lowest BCUT2D eigenvalue weighted by molar-refractivity contribution is 1.23. The summed E-state index contributed by atoms with van der Waals surface area (Å²) < 4.78 is 0. The molecule has 1 aromatic heterocycles. The third-order valence-electron chi connectivity index (χ3n) is 7.78. The Morgan fingerprint density at radius 2 is 0.923 bits per heavy atom. The summed E-state index contributed by atoms with van der Waals surface area (Å²) in [5, 5.41) is 11.1. The van der Waals surface area contributed by atoms with Crippen LogP contribution in [0, 0.1) is 0 Å². The van der Waals surface area contributed by atoms with Crippen LogP contribution in [0.1, 0.15) is 0 Å². The van der Waals surface area contributed by atoms with Crippen molar-refractivity contribution >= 4 is 65.6 Å². The highest BCUT2D eigenvalue weighted by atomic mass is 35.5. The fourth-order valence-corrected chi connectivity index (χ4v) is 6.23. The van der Waals surface area contributed by atoms with Crippen LogP contribution in [0.4, 0.5) is 0 Å². The van der Waals surface area contributed by atoms with Gasteiger partial charge in [-0.05, 0) is 72.6 Å². The van der Waals surface area contributed by atoms with Crippen LogP contribution in [0.3, 0.4) is 0 Å². The van der Waals surface area contributed by atoms with Gasteiger partial charge in [-0.15, -0.1) is 0 Å². The van der Waals surface area contributed by atoms with E-state index < -0.39 is 0 Å². The zero-order chi connectivity index (χ0) is 25.9. The third kappa shape index (κ3) is 3.42. The van der Waals surface area contributed by atoms with Crippen LogP contribution >= 0.6 is 11.6 Å². The zero-order valence-electron chi connectivity index (χ0n) is 20.9. The third-order valence-corrected chi connectivity index (χ3v) is 7.95. The van der Waals surface area contributed by atoms with Gasteiger partial charge in [-0.25, -0.2) is 9.97 Å². The highest BCUT2D eigenvalue weighted by Crippen LogP contribution is 2.41. The summed E-state index contributed by atoms with van der Waals surface area (Å²) in [6.45, 7) is 0. The normalized spacial score (nSPS) is 11.7. The molecule has 0 aliphatic rings. The zero-order valence-corrected chi connectivity index (χ0v) is 21.7. The SMILES string of the molecule is Clc1nc(-c2ccccc2)c2cc(-c3ccc4c5ccccc5c5ccccc5c4c3)c3ccccc3c2n1. The van der Waals surface area contributed by atoms with Crippen LogP contribution < -0.4 is 0 Å². The van der Waals surface area contributed by atoms with Crippen molar-refractivity contribution in [3.63, 3.8) is 0 Å². The minimum Gasteiger partial charge on any atom is -0.217 e. The maximum atomic E-state index is 6.48. The molecule has 0 unspecified atom stereocenters. The maximum Gasteiger partial charge on any atom is 0.223 e. The number of benzene rings is 7. The fourth-order valence-electron chi connectivity index (χ4n) is 6.06. The molecule has 0 saturated heterocycles. The molecule has 0 bridgehead atoms. The van der Waals surface area contributed by atoms with E-state index in [1.807, 2.05) is 18.2 Å². The summed E-state index contributed by atoms with van der Waals surface area (Å²) in [5.41, 5.74) is 5.04. The Hall–Kier alpha value is -4.79. The molecule has 0 radical (unpaired) electrons. The Kier molecular flexibility index (Phi) is 4.91. The van der Waals surface area contributed by atoms with Gasteiger partial charge in [0.15, 0.2) is 0 Å². The Morgan fingerprint density at radius 1 is 0.385 bits per heavy atom. The first kappa shape index (κ1) is 22.2. The van der Waals surface area contributed by atoms with Crippen molar-refractivity contribution in [2.45, 2.75) is 0 Å². The van der Waals surface area contributed by atoms with Gasteiger partial charge >= 0.3 is 0 Å². The van der Waals surface area contributed by atoms with Gasteiger partial charge in [0.25, 0.3) is 0 Å². The molecule has 0 N–H and O–H groups in total. The standard InChI is InChI=1S/C36H21ClN2/c37-36-38-34(22-10-2-1-3-11-22)33-21-31(28-16-8-9-17-30(28)35(33)39-36)23-18-19-29-26-14-5-4-12-24(26)25-13-6-7-15-27(25)32(29)20-23/h1-21H. The number of hydrogen-bond donors (Lipinski definition) is 0. The van der Waals surface area contributed by atoms with Gasteiger partial charge in [0.05, 0.1) is 11.2 Å². The second-order valence-corrected chi connectivity index (χ2v) is 10.3. The smallest absolute Gasteiger partial charge is 0.217 e. The lowest BCUT2D eigenvalue weighted by Crippen LogP contribution is -1.94. The highest BCUT2D eigenvalue weighted by molar-refractivity contribution is 6.29. The molecule has 0 fully saturated rings.